The molecule has 0 radical (unpaired) electrons. The number of benzene rings is 3. The van der Waals surface area contributed by atoms with Gasteiger partial charge < -0.3 is 5.32 Å². The number of hydrogen-bond acceptors (Lipinski definition) is 4. The van der Waals surface area contributed by atoms with Gasteiger partial charge in [0.25, 0.3) is 5.91 Å². The van der Waals surface area contributed by atoms with Crippen molar-refractivity contribution in [2.75, 3.05) is 12.3 Å². The van der Waals surface area contributed by atoms with Crippen molar-refractivity contribution in [3.63, 3.8) is 0 Å². The summed E-state index contributed by atoms with van der Waals surface area (Å²) in [6.45, 7) is 0.560. The van der Waals surface area contributed by atoms with E-state index in [-0.39, 0.29) is 5.91 Å². The summed E-state index contributed by atoms with van der Waals surface area (Å²) < 4.78 is 2.23. The second kappa shape index (κ2) is 10.5. The average Bonchev–Trinajstić information content (AvgIpc) is 3.57. The minimum Gasteiger partial charge on any atom is -0.350 e. The van der Waals surface area contributed by atoms with Gasteiger partial charge in [-0.2, -0.15) is 0 Å². The first-order valence-corrected chi connectivity index (χ1v) is 12.9. The van der Waals surface area contributed by atoms with E-state index in [0.717, 1.165) is 38.2 Å². The summed E-state index contributed by atoms with van der Waals surface area (Å²) in [5.74, 6) is 0.681. The van der Waals surface area contributed by atoms with Crippen LogP contribution in [0.5, 0.6) is 0 Å². The Morgan fingerprint density at radius 3 is 2.12 bits per heavy atom. The number of hydrogen-bond donors (Lipinski definition) is 1. The Hall–Kier alpha value is -3.61. The zero-order valence-electron chi connectivity index (χ0n) is 18.4. The zero-order chi connectivity index (χ0) is 23.2. The smallest absolute Gasteiger partial charge is 0.261 e. The van der Waals surface area contributed by atoms with Gasteiger partial charge in [0.2, 0.25) is 0 Å². The Labute approximate surface area is 207 Å². The van der Waals surface area contributed by atoms with Crippen LogP contribution in [-0.2, 0) is 0 Å². The summed E-state index contributed by atoms with van der Waals surface area (Å²) in [6, 6.07) is 34.7. The van der Waals surface area contributed by atoms with Gasteiger partial charge in [-0.15, -0.1) is 11.3 Å². The van der Waals surface area contributed by atoms with Crippen LogP contribution in [0, 0.1) is 0 Å². The highest BCUT2D eigenvalue weighted by atomic mass is 32.2. The van der Waals surface area contributed by atoms with Crippen molar-refractivity contribution in [2.24, 2.45) is 0 Å². The summed E-state index contributed by atoms with van der Waals surface area (Å²) in [5.41, 5.74) is 5.24. The van der Waals surface area contributed by atoms with Crippen LogP contribution in [0.4, 0.5) is 0 Å². The lowest BCUT2D eigenvalue weighted by Crippen LogP contribution is -2.24. The number of carbonyl (C=O) groups is 1. The molecule has 34 heavy (non-hydrogen) atoms. The van der Waals surface area contributed by atoms with Crippen molar-refractivity contribution in [2.45, 2.75) is 5.16 Å². The first-order chi connectivity index (χ1) is 16.8. The summed E-state index contributed by atoms with van der Waals surface area (Å²) in [7, 11) is 0. The largest absolute Gasteiger partial charge is 0.350 e. The molecular weight excluding hydrogens is 458 g/mol. The molecule has 0 unspecified atom stereocenters. The molecule has 0 spiro atoms. The molecule has 3 aromatic carbocycles. The average molecular weight is 482 g/mol. The predicted molar refractivity (Wildman–Crippen MR) is 142 cm³/mol. The number of rotatable bonds is 8. The Bertz CT molecular complexity index is 1350. The SMILES string of the molecule is O=C(NCCSc1nc(-c2ccccc2)c(-c2ccccc2)n1-c1ccccc1)c1cccs1. The van der Waals surface area contributed by atoms with Crippen LogP contribution in [-0.4, -0.2) is 27.8 Å². The van der Waals surface area contributed by atoms with Crippen molar-refractivity contribution in [3.05, 3.63) is 113 Å². The van der Waals surface area contributed by atoms with Gasteiger partial charge in [0.05, 0.1) is 16.3 Å². The van der Waals surface area contributed by atoms with Gasteiger partial charge in [-0.1, -0.05) is 96.7 Å². The number of imidazole rings is 1. The fourth-order valence-corrected chi connectivity index (χ4v) is 5.28. The minimum atomic E-state index is -0.0306. The Balaban J connectivity index is 1.51. The van der Waals surface area contributed by atoms with E-state index < -0.39 is 0 Å². The number of thioether (sulfide) groups is 1. The summed E-state index contributed by atoms with van der Waals surface area (Å²) >= 11 is 3.10. The van der Waals surface area contributed by atoms with Crippen molar-refractivity contribution >= 4 is 29.0 Å². The van der Waals surface area contributed by atoms with Crippen LogP contribution in [0.3, 0.4) is 0 Å². The van der Waals surface area contributed by atoms with E-state index in [1.54, 1.807) is 11.8 Å². The van der Waals surface area contributed by atoms with Crippen molar-refractivity contribution in [3.8, 4) is 28.2 Å². The molecule has 0 aliphatic rings. The summed E-state index contributed by atoms with van der Waals surface area (Å²) in [6.07, 6.45) is 0. The molecule has 0 saturated heterocycles. The molecule has 1 amide bonds. The Morgan fingerprint density at radius 2 is 1.47 bits per heavy atom. The third-order valence-electron chi connectivity index (χ3n) is 5.32. The number of amides is 1. The first-order valence-electron chi connectivity index (χ1n) is 11.0. The summed E-state index contributed by atoms with van der Waals surface area (Å²) in [4.78, 5) is 18.1. The maximum Gasteiger partial charge on any atom is 0.261 e. The molecule has 168 valence electrons. The second-order valence-electron chi connectivity index (χ2n) is 7.58. The number of aromatic nitrogens is 2. The van der Waals surface area contributed by atoms with Crippen molar-refractivity contribution in [1.82, 2.24) is 14.9 Å². The molecule has 4 nitrogen and oxygen atoms in total. The van der Waals surface area contributed by atoms with E-state index >= 15 is 0 Å². The van der Waals surface area contributed by atoms with Crippen LogP contribution in [0.2, 0.25) is 0 Å². The number of nitrogens with one attached hydrogen (secondary N) is 1. The highest BCUT2D eigenvalue weighted by Gasteiger charge is 2.21. The van der Waals surface area contributed by atoms with E-state index in [4.69, 9.17) is 4.98 Å². The maximum atomic E-state index is 12.3. The number of para-hydroxylation sites is 1. The predicted octanol–water partition coefficient (Wildman–Crippen LogP) is 6.79. The van der Waals surface area contributed by atoms with Crippen LogP contribution in [0.25, 0.3) is 28.2 Å². The van der Waals surface area contributed by atoms with E-state index in [9.17, 15) is 4.79 Å². The molecule has 5 rings (SSSR count). The van der Waals surface area contributed by atoms with Gasteiger partial charge in [-0.05, 0) is 23.6 Å². The van der Waals surface area contributed by atoms with Gasteiger partial charge in [-0.3, -0.25) is 9.36 Å². The first kappa shape index (κ1) is 22.2. The van der Waals surface area contributed by atoms with Crippen LogP contribution in [0.1, 0.15) is 9.67 Å². The van der Waals surface area contributed by atoms with Crippen LogP contribution >= 0.6 is 23.1 Å². The molecule has 0 aliphatic heterocycles. The van der Waals surface area contributed by atoms with E-state index in [0.29, 0.717) is 12.3 Å². The van der Waals surface area contributed by atoms with E-state index in [1.165, 1.54) is 11.3 Å². The number of nitrogens with zero attached hydrogens (tertiary/aromatic N) is 2. The monoisotopic (exact) mass is 481 g/mol. The van der Waals surface area contributed by atoms with Gasteiger partial charge in [0.1, 0.15) is 0 Å². The highest BCUT2D eigenvalue weighted by Crippen LogP contribution is 2.38. The molecule has 0 fully saturated rings. The zero-order valence-corrected chi connectivity index (χ0v) is 20.1. The highest BCUT2D eigenvalue weighted by molar-refractivity contribution is 7.99. The fraction of sp³-hybridized carbons (Fsp3) is 0.0714. The lowest BCUT2D eigenvalue weighted by Gasteiger charge is -2.13. The molecule has 0 bridgehead atoms. The van der Waals surface area contributed by atoms with Crippen molar-refractivity contribution in [1.29, 1.82) is 0 Å². The minimum absolute atomic E-state index is 0.0306. The molecule has 5 aromatic rings. The maximum absolute atomic E-state index is 12.3. The summed E-state index contributed by atoms with van der Waals surface area (Å²) in [5, 5.41) is 5.82. The number of carbonyl (C=O) groups excluding carboxylic acids is 1. The van der Waals surface area contributed by atoms with Crippen LogP contribution in [0.15, 0.2) is 114 Å². The van der Waals surface area contributed by atoms with Gasteiger partial charge in [0.15, 0.2) is 5.16 Å². The molecule has 0 saturated carbocycles. The topological polar surface area (TPSA) is 46.9 Å². The third kappa shape index (κ3) is 4.83. The molecule has 1 N–H and O–H groups in total. The second-order valence-corrected chi connectivity index (χ2v) is 9.59. The molecule has 0 atom stereocenters. The molecule has 2 heterocycles. The van der Waals surface area contributed by atoms with Crippen molar-refractivity contribution < 1.29 is 4.79 Å². The van der Waals surface area contributed by atoms with Gasteiger partial charge in [-0.25, -0.2) is 4.98 Å². The van der Waals surface area contributed by atoms with E-state index in [2.05, 4.69) is 58.4 Å². The lowest BCUT2D eigenvalue weighted by molar-refractivity contribution is 0.0960. The third-order valence-corrected chi connectivity index (χ3v) is 7.13. The van der Waals surface area contributed by atoms with E-state index in [1.807, 2.05) is 60.0 Å². The van der Waals surface area contributed by atoms with Gasteiger partial charge in [0, 0.05) is 29.1 Å². The fourth-order valence-electron chi connectivity index (χ4n) is 3.77. The Kier molecular flexibility index (Phi) is 6.89. The lowest BCUT2D eigenvalue weighted by atomic mass is 10.0. The molecule has 6 heteroatoms. The van der Waals surface area contributed by atoms with Crippen LogP contribution < -0.4 is 5.32 Å². The standard InChI is InChI=1S/C28H23N3OS2/c32-27(24-17-10-19-33-24)29-18-20-34-28-30-25(21-11-4-1-5-12-21)26(22-13-6-2-7-14-22)31(28)23-15-8-3-9-16-23/h1-17,19H,18,20H2,(H,29,32). The molecular formula is C28H23N3OS2. The molecule has 2 aromatic heterocycles. The molecule has 0 aliphatic carbocycles. The quantitative estimate of drug-likeness (QED) is 0.196. The van der Waals surface area contributed by atoms with Gasteiger partial charge >= 0.3 is 0 Å². The Morgan fingerprint density at radius 1 is 0.824 bits per heavy atom. The number of thiophene rings is 1. The normalized spacial score (nSPS) is 10.8.